The molecule has 0 saturated carbocycles. The van der Waals surface area contributed by atoms with Crippen molar-refractivity contribution in [2.75, 3.05) is 5.73 Å². The van der Waals surface area contributed by atoms with Crippen molar-refractivity contribution < 1.29 is 4.74 Å². The SMILES string of the molecule is Cc1nc(N)cc(-c2cncc(OC(C)C)c2)n1. The van der Waals surface area contributed by atoms with E-state index in [4.69, 9.17) is 10.5 Å². The zero-order chi connectivity index (χ0) is 13.1. The molecule has 0 spiro atoms. The summed E-state index contributed by atoms with van der Waals surface area (Å²) in [7, 11) is 0. The van der Waals surface area contributed by atoms with Gasteiger partial charge in [0.2, 0.25) is 0 Å². The quantitative estimate of drug-likeness (QED) is 0.896. The third kappa shape index (κ3) is 2.94. The minimum Gasteiger partial charge on any atom is -0.489 e. The maximum absolute atomic E-state index is 5.71. The van der Waals surface area contributed by atoms with E-state index in [9.17, 15) is 0 Å². The van der Waals surface area contributed by atoms with Crippen molar-refractivity contribution in [1.82, 2.24) is 15.0 Å². The normalized spacial score (nSPS) is 10.7. The second-order valence-corrected chi connectivity index (χ2v) is 4.30. The number of hydrogen-bond donors (Lipinski definition) is 1. The van der Waals surface area contributed by atoms with Crippen LogP contribution in [0.1, 0.15) is 19.7 Å². The molecule has 0 amide bonds. The number of pyridine rings is 1. The molecule has 94 valence electrons. The minimum absolute atomic E-state index is 0.110. The summed E-state index contributed by atoms with van der Waals surface area (Å²) in [4.78, 5) is 12.5. The van der Waals surface area contributed by atoms with Gasteiger partial charge in [-0.15, -0.1) is 0 Å². The van der Waals surface area contributed by atoms with E-state index in [2.05, 4.69) is 15.0 Å². The maximum Gasteiger partial charge on any atom is 0.138 e. The van der Waals surface area contributed by atoms with Crippen molar-refractivity contribution in [3.05, 3.63) is 30.4 Å². The van der Waals surface area contributed by atoms with Crippen molar-refractivity contribution in [3.63, 3.8) is 0 Å². The van der Waals surface area contributed by atoms with Crippen LogP contribution >= 0.6 is 0 Å². The van der Waals surface area contributed by atoms with Crippen LogP contribution in [-0.4, -0.2) is 21.1 Å². The lowest BCUT2D eigenvalue weighted by atomic mass is 10.2. The highest BCUT2D eigenvalue weighted by Gasteiger charge is 2.06. The summed E-state index contributed by atoms with van der Waals surface area (Å²) in [5.74, 6) is 1.81. The van der Waals surface area contributed by atoms with Crippen molar-refractivity contribution in [2.24, 2.45) is 0 Å². The first-order valence-corrected chi connectivity index (χ1v) is 5.78. The van der Waals surface area contributed by atoms with E-state index in [-0.39, 0.29) is 6.10 Å². The van der Waals surface area contributed by atoms with Crippen LogP contribution < -0.4 is 10.5 Å². The number of aromatic nitrogens is 3. The standard InChI is InChI=1S/C13H16N4O/c1-8(2)18-11-4-10(6-15-7-11)12-5-13(14)17-9(3)16-12/h4-8H,1-3H3,(H2,14,16,17). The Morgan fingerprint density at radius 2 is 1.94 bits per heavy atom. The van der Waals surface area contributed by atoms with E-state index in [0.29, 0.717) is 11.6 Å². The molecule has 0 bridgehead atoms. The number of nitrogens with two attached hydrogens (primary N) is 1. The van der Waals surface area contributed by atoms with Gasteiger partial charge in [-0.1, -0.05) is 0 Å². The second kappa shape index (κ2) is 5.00. The molecule has 0 saturated heterocycles. The largest absolute Gasteiger partial charge is 0.489 e. The van der Waals surface area contributed by atoms with Crippen molar-refractivity contribution in [1.29, 1.82) is 0 Å². The van der Waals surface area contributed by atoms with Gasteiger partial charge in [-0.2, -0.15) is 0 Å². The summed E-state index contributed by atoms with van der Waals surface area (Å²) in [5.41, 5.74) is 7.33. The molecule has 0 unspecified atom stereocenters. The first-order valence-electron chi connectivity index (χ1n) is 5.78. The lowest BCUT2D eigenvalue weighted by molar-refractivity contribution is 0.241. The topological polar surface area (TPSA) is 73.9 Å². The van der Waals surface area contributed by atoms with Gasteiger partial charge in [-0.25, -0.2) is 9.97 Å². The summed E-state index contributed by atoms with van der Waals surface area (Å²) in [6.07, 6.45) is 3.52. The lowest BCUT2D eigenvalue weighted by Gasteiger charge is -2.10. The van der Waals surface area contributed by atoms with Crippen LogP contribution in [0.4, 0.5) is 5.82 Å². The number of nitrogen functional groups attached to an aromatic ring is 1. The molecule has 2 N–H and O–H groups in total. The molecule has 0 aromatic carbocycles. The predicted octanol–water partition coefficient (Wildman–Crippen LogP) is 2.22. The number of ether oxygens (including phenoxy) is 1. The van der Waals surface area contributed by atoms with Gasteiger partial charge < -0.3 is 10.5 Å². The Balaban J connectivity index is 2.38. The van der Waals surface area contributed by atoms with Gasteiger partial charge >= 0.3 is 0 Å². The average Bonchev–Trinajstić information content (AvgIpc) is 2.27. The fraction of sp³-hybridized carbons (Fsp3) is 0.308. The van der Waals surface area contributed by atoms with Crippen LogP contribution in [0.15, 0.2) is 24.5 Å². The summed E-state index contributed by atoms with van der Waals surface area (Å²) < 4.78 is 5.60. The highest BCUT2D eigenvalue weighted by molar-refractivity contribution is 5.62. The first-order chi connectivity index (χ1) is 8.54. The average molecular weight is 244 g/mol. The molecule has 5 heteroatoms. The predicted molar refractivity (Wildman–Crippen MR) is 70.2 cm³/mol. The first kappa shape index (κ1) is 12.3. The minimum atomic E-state index is 0.110. The smallest absolute Gasteiger partial charge is 0.138 e. The van der Waals surface area contributed by atoms with E-state index in [0.717, 1.165) is 17.0 Å². The highest BCUT2D eigenvalue weighted by Crippen LogP contribution is 2.22. The van der Waals surface area contributed by atoms with Crippen molar-refractivity contribution in [3.8, 4) is 17.0 Å². The van der Waals surface area contributed by atoms with Gasteiger partial charge in [-0.3, -0.25) is 4.98 Å². The van der Waals surface area contributed by atoms with Crippen LogP contribution in [-0.2, 0) is 0 Å². The number of nitrogens with zero attached hydrogens (tertiary/aromatic N) is 3. The van der Waals surface area contributed by atoms with E-state index in [1.165, 1.54) is 0 Å². The van der Waals surface area contributed by atoms with Gasteiger partial charge in [0, 0.05) is 17.8 Å². The van der Waals surface area contributed by atoms with Crippen LogP contribution in [0, 0.1) is 6.92 Å². The van der Waals surface area contributed by atoms with Crippen molar-refractivity contribution in [2.45, 2.75) is 26.9 Å². The van der Waals surface area contributed by atoms with Gasteiger partial charge in [0.1, 0.15) is 17.4 Å². The monoisotopic (exact) mass is 244 g/mol. The van der Waals surface area contributed by atoms with Crippen LogP contribution in [0.3, 0.4) is 0 Å². The van der Waals surface area contributed by atoms with Gasteiger partial charge in [0.05, 0.1) is 18.0 Å². The fourth-order valence-corrected chi connectivity index (χ4v) is 1.63. The van der Waals surface area contributed by atoms with Crippen LogP contribution in [0.25, 0.3) is 11.3 Å². The summed E-state index contributed by atoms with van der Waals surface area (Å²) >= 11 is 0. The zero-order valence-corrected chi connectivity index (χ0v) is 10.7. The molecule has 18 heavy (non-hydrogen) atoms. The van der Waals surface area contributed by atoms with Crippen LogP contribution in [0.5, 0.6) is 5.75 Å². The zero-order valence-electron chi connectivity index (χ0n) is 10.7. The van der Waals surface area contributed by atoms with Crippen molar-refractivity contribution >= 4 is 5.82 Å². The van der Waals surface area contributed by atoms with E-state index < -0.39 is 0 Å². The molecule has 2 rings (SSSR count). The number of hydrogen-bond acceptors (Lipinski definition) is 5. The molecule has 2 aromatic rings. The molecule has 0 aliphatic carbocycles. The number of rotatable bonds is 3. The van der Waals surface area contributed by atoms with Gasteiger partial charge in [0.15, 0.2) is 0 Å². The fourth-order valence-electron chi connectivity index (χ4n) is 1.63. The maximum atomic E-state index is 5.71. The molecule has 0 aliphatic heterocycles. The third-order valence-electron chi connectivity index (χ3n) is 2.24. The molecule has 5 nitrogen and oxygen atoms in total. The molecular weight excluding hydrogens is 228 g/mol. The molecule has 2 heterocycles. The van der Waals surface area contributed by atoms with Crippen LogP contribution in [0.2, 0.25) is 0 Å². The summed E-state index contributed by atoms with van der Waals surface area (Å²) in [6, 6.07) is 3.62. The lowest BCUT2D eigenvalue weighted by Crippen LogP contribution is -2.06. The van der Waals surface area contributed by atoms with E-state index in [1.807, 2.05) is 26.8 Å². The Labute approximate surface area is 106 Å². The molecule has 0 atom stereocenters. The van der Waals surface area contributed by atoms with E-state index >= 15 is 0 Å². The van der Waals surface area contributed by atoms with E-state index in [1.54, 1.807) is 18.5 Å². The molecule has 2 aromatic heterocycles. The van der Waals surface area contributed by atoms with Gasteiger partial charge in [0.25, 0.3) is 0 Å². The van der Waals surface area contributed by atoms with Gasteiger partial charge in [-0.05, 0) is 26.8 Å². The Morgan fingerprint density at radius 1 is 1.17 bits per heavy atom. The third-order valence-corrected chi connectivity index (χ3v) is 2.24. The Bertz CT molecular complexity index is 534. The Morgan fingerprint density at radius 3 is 2.61 bits per heavy atom. The Hall–Kier alpha value is -2.17. The summed E-state index contributed by atoms with van der Waals surface area (Å²) in [5, 5.41) is 0. The molecule has 0 fully saturated rings. The second-order valence-electron chi connectivity index (χ2n) is 4.30. The molecule has 0 aliphatic rings. The highest BCUT2D eigenvalue weighted by atomic mass is 16.5. The molecule has 0 radical (unpaired) electrons. The number of anilines is 1. The summed E-state index contributed by atoms with van der Waals surface area (Å²) in [6.45, 7) is 5.75. The Kier molecular flexibility index (Phi) is 3.41. The molecular formula is C13H16N4O. The number of aryl methyl sites for hydroxylation is 1.